The van der Waals surface area contributed by atoms with Gasteiger partial charge in [0.25, 0.3) is 5.69 Å². The summed E-state index contributed by atoms with van der Waals surface area (Å²) in [5.41, 5.74) is 1.90. The number of nitro groups is 1. The molecule has 2 aromatic heterocycles. The fourth-order valence-electron chi connectivity index (χ4n) is 5.39. The van der Waals surface area contributed by atoms with Crippen LogP contribution in [0.1, 0.15) is 12.6 Å². The second-order valence-corrected chi connectivity index (χ2v) is 9.16. The molecule has 0 aliphatic carbocycles. The number of nitrogens with one attached hydrogen (secondary N) is 1. The third-order valence-electron chi connectivity index (χ3n) is 7.14. The number of ether oxygens (including phenoxy) is 1. The lowest BCUT2D eigenvalue weighted by atomic mass is 9.93. The van der Waals surface area contributed by atoms with Crippen molar-refractivity contribution in [1.82, 2.24) is 19.5 Å². The summed E-state index contributed by atoms with van der Waals surface area (Å²) in [6, 6.07) is 14.9. The molecule has 0 bridgehead atoms. The summed E-state index contributed by atoms with van der Waals surface area (Å²) >= 11 is 0. The molecule has 3 atom stereocenters. The molecule has 4 aromatic carbocycles. The van der Waals surface area contributed by atoms with Gasteiger partial charge in [-0.15, -0.1) is 0 Å². The monoisotopic (exact) mass is 496 g/mol. The molecule has 1 saturated heterocycles. The number of aliphatic hydroxyl groups is 2. The van der Waals surface area contributed by atoms with Crippen molar-refractivity contribution in [3.05, 3.63) is 71.3 Å². The van der Waals surface area contributed by atoms with E-state index in [0.29, 0.717) is 28.8 Å². The van der Waals surface area contributed by atoms with Crippen LogP contribution in [-0.4, -0.2) is 53.5 Å². The van der Waals surface area contributed by atoms with Gasteiger partial charge in [0, 0.05) is 28.9 Å². The van der Waals surface area contributed by atoms with Gasteiger partial charge in [-0.25, -0.2) is 15.0 Å². The number of rotatable bonds is 5. The number of aromatic nitrogens is 4. The molecule has 0 radical (unpaired) electrons. The largest absolute Gasteiger partial charge is 0.394 e. The van der Waals surface area contributed by atoms with Crippen LogP contribution in [-0.2, 0) is 4.74 Å². The van der Waals surface area contributed by atoms with Crippen LogP contribution >= 0.6 is 0 Å². The minimum Gasteiger partial charge on any atom is -0.394 e. The van der Waals surface area contributed by atoms with Crippen LogP contribution in [0.5, 0.6) is 0 Å². The Morgan fingerprint density at radius 1 is 1.03 bits per heavy atom. The van der Waals surface area contributed by atoms with Gasteiger partial charge in [0.15, 0.2) is 17.0 Å². The maximum absolute atomic E-state index is 11.7. The van der Waals surface area contributed by atoms with Crippen molar-refractivity contribution < 1.29 is 19.9 Å². The van der Waals surface area contributed by atoms with Gasteiger partial charge in [-0.2, -0.15) is 0 Å². The first-order valence-corrected chi connectivity index (χ1v) is 11.8. The summed E-state index contributed by atoms with van der Waals surface area (Å²) < 4.78 is 7.50. The predicted molar refractivity (Wildman–Crippen MR) is 137 cm³/mol. The average molecular weight is 496 g/mol. The van der Waals surface area contributed by atoms with Gasteiger partial charge in [-0.3, -0.25) is 14.7 Å². The van der Waals surface area contributed by atoms with Crippen molar-refractivity contribution in [3.8, 4) is 0 Å². The molecular weight excluding hydrogens is 476 g/mol. The van der Waals surface area contributed by atoms with E-state index in [9.17, 15) is 20.3 Å². The lowest BCUT2D eigenvalue weighted by Gasteiger charge is -2.15. The Balaban J connectivity index is 1.35. The van der Waals surface area contributed by atoms with E-state index in [-0.39, 0.29) is 17.2 Å². The van der Waals surface area contributed by atoms with E-state index in [0.717, 1.165) is 32.6 Å². The second-order valence-electron chi connectivity index (χ2n) is 9.16. The maximum Gasteiger partial charge on any atom is 0.277 e. The first-order chi connectivity index (χ1) is 18.0. The number of non-ortho nitro benzene ring substituents is 1. The van der Waals surface area contributed by atoms with E-state index in [4.69, 9.17) is 4.74 Å². The van der Waals surface area contributed by atoms with Gasteiger partial charge in [0.2, 0.25) is 0 Å². The Morgan fingerprint density at radius 3 is 2.51 bits per heavy atom. The molecule has 11 heteroatoms. The first-order valence-electron chi connectivity index (χ1n) is 11.8. The molecule has 6 aromatic rings. The SMILES string of the molecule is O=[N+]([O-])c1ccc2ccc3c(Nc4ncnc5c4ncn5[C@H]4C[C@H](O)[C@@H](CO)O4)ccc4ccc1c2c43. The molecule has 37 heavy (non-hydrogen) atoms. The molecule has 3 heterocycles. The number of nitrogens with zero attached hydrogens (tertiary/aromatic N) is 5. The molecular formula is C26H20N6O5. The van der Waals surface area contributed by atoms with Gasteiger partial charge in [0.1, 0.15) is 18.7 Å². The van der Waals surface area contributed by atoms with E-state index in [1.165, 1.54) is 6.33 Å². The number of hydrogen-bond donors (Lipinski definition) is 3. The highest BCUT2D eigenvalue weighted by atomic mass is 16.6. The lowest BCUT2D eigenvalue weighted by molar-refractivity contribution is -0.383. The highest BCUT2D eigenvalue weighted by Gasteiger charge is 2.35. The molecule has 11 nitrogen and oxygen atoms in total. The van der Waals surface area contributed by atoms with E-state index >= 15 is 0 Å². The molecule has 1 fully saturated rings. The number of fused-ring (bicyclic) bond motifs is 1. The third kappa shape index (κ3) is 3.22. The van der Waals surface area contributed by atoms with Gasteiger partial charge >= 0.3 is 0 Å². The van der Waals surface area contributed by atoms with Crippen molar-refractivity contribution in [2.24, 2.45) is 0 Å². The third-order valence-corrected chi connectivity index (χ3v) is 7.14. The highest BCUT2D eigenvalue weighted by Crippen LogP contribution is 2.41. The quantitative estimate of drug-likeness (QED) is 0.183. The number of anilines is 2. The molecule has 3 N–H and O–H groups in total. The predicted octanol–water partition coefficient (Wildman–Crippen LogP) is 4.02. The summed E-state index contributed by atoms with van der Waals surface area (Å²) in [7, 11) is 0. The van der Waals surface area contributed by atoms with Crippen LogP contribution in [0.3, 0.4) is 0 Å². The zero-order valence-corrected chi connectivity index (χ0v) is 19.3. The van der Waals surface area contributed by atoms with Gasteiger partial charge < -0.3 is 20.3 Å². The van der Waals surface area contributed by atoms with E-state index < -0.39 is 18.4 Å². The minimum absolute atomic E-state index is 0.0750. The van der Waals surface area contributed by atoms with Crippen LogP contribution in [0, 0.1) is 10.1 Å². The van der Waals surface area contributed by atoms with E-state index in [1.54, 1.807) is 29.1 Å². The number of aliphatic hydroxyl groups excluding tert-OH is 2. The second kappa shape index (κ2) is 8.03. The fourth-order valence-corrected chi connectivity index (χ4v) is 5.39. The Kier molecular flexibility index (Phi) is 4.73. The smallest absolute Gasteiger partial charge is 0.277 e. The number of nitro benzene ring substituents is 1. The summed E-state index contributed by atoms with van der Waals surface area (Å²) in [4.78, 5) is 24.6. The molecule has 184 valence electrons. The Morgan fingerprint density at radius 2 is 1.76 bits per heavy atom. The normalized spacial score (nSPS) is 20.0. The summed E-state index contributed by atoms with van der Waals surface area (Å²) in [5, 5.41) is 39.8. The fraction of sp³-hybridized carbons (Fsp3) is 0.192. The topological polar surface area (TPSA) is 148 Å². The summed E-state index contributed by atoms with van der Waals surface area (Å²) in [6.45, 7) is -0.274. The Bertz CT molecular complexity index is 1840. The summed E-state index contributed by atoms with van der Waals surface area (Å²) in [5.74, 6) is 0.488. The molecule has 7 rings (SSSR count). The van der Waals surface area contributed by atoms with Crippen molar-refractivity contribution >= 4 is 60.7 Å². The van der Waals surface area contributed by atoms with Crippen molar-refractivity contribution in [2.75, 3.05) is 11.9 Å². The highest BCUT2D eigenvalue weighted by molar-refractivity contribution is 6.26. The zero-order chi connectivity index (χ0) is 25.3. The molecule has 0 unspecified atom stereocenters. The van der Waals surface area contributed by atoms with Crippen LogP contribution in [0.25, 0.3) is 43.5 Å². The number of imidazole rings is 1. The molecule has 0 saturated carbocycles. The van der Waals surface area contributed by atoms with Crippen molar-refractivity contribution in [1.29, 1.82) is 0 Å². The Hall–Kier alpha value is -4.45. The van der Waals surface area contributed by atoms with Crippen molar-refractivity contribution in [2.45, 2.75) is 24.9 Å². The van der Waals surface area contributed by atoms with Gasteiger partial charge in [-0.05, 0) is 34.4 Å². The van der Waals surface area contributed by atoms with Crippen molar-refractivity contribution in [3.63, 3.8) is 0 Å². The van der Waals surface area contributed by atoms with Gasteiger partial charge in [-0.1, -0.05) is 24.3 Å². The van der Waals surface area contributed by atoms with Gasteiger partial charge in [0.05, 0.1) is 29.3 Å². The maximum atomic E-state index is 11.7. The Labute approximate surface area is 208 Å². The molecule has 0 amide bonds. The molecule has 0 spiro atoms. The number of hydrogen-bond acceptors (Lipinski definition) is 9. The van der Waals surface area contributed by atoms with Crippen LogP contribution in [0.15, 0.2) is 61.2 Å². The minimum atomic E-state index is -0.778. The van der Waals surface area contributed by atoms with Crippen LogP contribution in [0.4, 0.5) is 17.2 Å². The lowest BCUT2D eigenvalue weighted by Crippen LogP contribution is -2.24. The van der Waals surface area contributed by atoms with E-state index in [2.05, 4.69) is 20.3 Å². The zero-order valence-electron chi connectivity index (χ0n) is 19.3. The summed E-state index contributed by atoms with van der Waals surface area (Å²) in [6.07, 6.45) is 1.38. The standard InChI is InChI=1S/C26H20N6O5/c33-10-20-19(34)9-21(37-20)31-12-29-24-25(27-11-28-26(24)31)30-17-7-3-13-2-6-16-18(32(35)36)8-4-14-1-5-15(17)22(13)23(14)16/h1-8,11-12,19-21,33-34H,9-10H2,(H,27,28,30)/t19-,20+,21+/m0/s1. The average Bonchev–Trinajstić information content (AvgIpc) is 3.51. The number of benzene rings is 4. The van der Waals surface area contributed by atoms with Crippen LogP contribution in [0.2, 0.25) is 0 Å². The molecule has 1 aliphatic heterocycles. The molecule has 1 aliphatic rings. The van der Waals surface area contributed by atoms with E-state index in [1.807, 2.05) is 30.3 Å². The first kappa shape index (κ1) is 21.8. The van der Waals surface area contributed by atoms with Crippen LogP contribution < -0.4 is 5.32 Å².